The molecule has 0 unspecified atom stereocenters. The third-order valence-corrected chi connectivity index (χ3v) is 5.31. The van der Waals surface area contributed by atoms with Crippen LogP contribution in [0.4, 0.5) is 0 Å². The smallest absolute Gasteiger partial charge is 0.368 e. The summed E-state index contributed by atoms with van der Waals surface area (Å²) in [5.41, 5.74) is 2.41. The minimum atomic E-state index is -0.488. The van der Waals surface area contributed by atoms with E-state index in [1.54, 1.807) is 32.4 Å². The Morgan fingerprint density at radius 1 is 0.906 bits per heavy atom. The average molecular weight is 438 g/mol. The monoisotopic (exact) mass is 437 g/mol. The van der Waals surface area contributed by atoms with Gasteiger partial charge < -0.3 is 19.0 Å². The molecule has 6 heteroatoms. The largest absolute Gasteiger partial charge is 0.494 e. The molecule has 6 nitrogen and oxygen atoms in total. The molecule has 0 saturated carbocycles. The van der Waals surface area contributed by atoms with Crippen LogP contribution in [-0.4, -0.2) is 32.5 Å². The Balaban J connectivity index is 1.64. The predicted octanol–water partition coefficient (Wildman–Crippen LogP) is 5.79. The van der Waals surface area contributed by atoms with Crippen molar-refractivity contribution in [3.05, 3.63) is 59.2 Å². The quantitative estimate of drug-likeness (QED) is 0.239. The maximum absolute atomic E-state index is 12.3. The zero-order valence-electron chi connectivity index (χ0n) is 19.1. The highest BCUT2D eigenvalue weighted by Gasteiger charge is 2.27. The Labute approximate surface area is 189 Å². The van der Waals surface area contributed by atoms with Crippen molar-refractivity contribution in [3.63, 3.8) is 0 Å². The number of rotatable bonds is 12. The standard InChI is InChI=1S/C26H31NO5/c1-4-5-6-7-8-9-16-31-21-13-10-19(11-14-21)17-22-25(27-32-26(22)28)20-12-15-23(29-2)24(18-20)30-3/h10-15,17-18H,4-9,16H2,1-3H3. The first-order valence-electron chi connectivity index (χ1n) is 11.1. The van der Waals surface area contributed by atoms with E-state index in [2.05, 4.69) is 12.1 Å². The normalized spacial score (nSPS) is 14.3. The number of oxime groups is 1. The third kappa shape index (κ3) is 6.13. The first kappa shape index (κ1) is 23.4. The highest BCUT2D eigenvalue weighted by atomic mass is 16.7. The molecule has 0 atom stereocenters. The Morgan fingerprint density at radius 3 is 2.34 bits per heavy atom. The van der Waals surface area contributed by atoms with Crippen LogP contribution in [0.1, 0.15) is 56.6 Å². The summed E-state index contributed by atoms with van der Waals surface area (Å²) in [7, 11) is 3.14. The number of nitrogens with zero attached hydrogens (tertiary/aromatic N) is 1. The average Bonchev–Trinajstić information content (AvgIpc) is 3.19. The molecule has 0 N–H and O–H groups in total. The fraction of sp³-hybridized carbons (Fsp3) is 0.385. The zero-order valence-corrected chi connectivity index (χ0v) is 19.1. The van der Waals surface area contributed by atoms with Crippen LogP contribution in [0.3, 0.4) is 0 Å². The van der Waals surface area contributed by atoms with Crippen molar-refractivity contribution in [1.82, 2.24) is 0 Å². The number of hydrogen-bond donors (Lipinski definition) is 0. The number of methoxy groups -OCH3 is 2. The van der Waals surface area contributed by atoms with E-state index in [1.165, 1.54) is 32.1 Å². The van der Waals surface area contributed by atoms with Gasteiger partial charge in [-0.3, -0.25) is 0 Å². The first-order chi connectivity index (χ1) is 15.7. The molecule has 1 aliphatic heterocycles. The Kier molecular flexibility index (Phi) is 8.72. The molecule has 170 valence electrons. The Bertz CT molecular complexity index is 963. The van der Waals surface area contributed by atoms with Gasteiger partial charge in [-0.15, -0.1) is 0 Å². The summed E-state index contributed by atoms with van der Waals surface area (Å²) >= 11 is 0. The number of benzene rings is 2. The number of carbonyl (C=O) groups excluding carboxylic acids is 1. The van der Waals surface area contributed by atoms with Gasteiger partial charge in [0.2, 0.25) is 0 Å². The summed E-state index contributed by atoms with van der Waals surface area (Å²) in [5.74, 6) is 1.49. The van der Waals surface area contributed by atoms with Crippen molar-refractivity contribution < 1.29 is 23.8 Å². The minimum Gasteiger partial charge on any atom is -0.494 e. The van der Waals surface area contributed by atoms with Gasteiger partial charge in [-0.25, -0.2) is 4.79 Å². The second-order valence-corrected chi connectivity index (χ2v) is 7.63. The van der Waals surface area contributed by atoms with Gasteiger partial charge >= 0.3 is 5.97 Å². The van der Waals surface area contributed by atoms with E-state index >= 15 is 0 Å². The van der Waals surface area contributed by atoms with Gasteiger partial charge in [0, 0.05) is 5.56 Å². The molecular formula is C26H31NO5. The van der Waals surface area contributed by atoms with Crippen molar-refractivity contribution >= 4 is 17.8 Å². The second kappa shape index (κ2) is 11.9. The van der Waals surface area contributed by atoms with Gasteiger partial charge in [-0.05, 0) is 48.4 Å². The zero-order chi connectivity index (χ0) is 22.8. The van der Waals surface area contributed by atoms with Crippen molar-refractivity contribution in [2.45, 2.75) is 45.4 Å². The minimum absolute atomic E-state index is 0.387. The maximum atomic E-state index is 12.3. The van der Waals surface area contributed by atoms with Gasteiger partial charge in [0.05, 0.1) is 26.4 Å². The first-order valence-corrected chi connectivity index (χ1v) is 11.1. The lowest BCUT2D eigenvalue weighted by atomic mass is 10.00. The van der Waals surface area contributed by atoms with E-state index in [1.807, 2.05) is 30.3 Å². The fourth-order valence-electron chi connectivity index (χ4n) is 3.50. The summed E-state index contributed by atoms with van der Waals surface area (Å²) in [6.07, 6.45) is 9.17. The lowest BCUT2D eigenvalue weighted by Crippen LogP contribution is -2.07. The molecule has 0 radical (unpaired) electrons. The van der Waals surface area contributed by atoms with Crippen molar-refractivity contribution in [2.75, 3.05) is 20.8 Å². The lowest BCUT2D eigenvalue weighted by molar-refractivity contribution is -0.136. The molecular weight excluding hydrogens is 406 g/mol. The molecule has 2 aromatic carbocycles. The van der Waals surface area contributed by atoms with E-state index in [4.69, 9.17) is 19.0 Å². The molecule has 0 aliphatic carbocycles. The molecule has 0 spiro atoms. The number of hydrogen-bond acceptors (Lipinski definition) is 6. The predicted molar refractivity (Wildman–Crippen MR) is 125 cm³/mol. The molecule has 2 aromatic rings. The third-order valence-electron chi connectivity index (χ3n) is 5.31. The molecule has 0 fully saturated rings. The van der Waals surface area contributed by atoms with Crippen LogP contribution in [0.25, 0.3) is 6.08 Å². The van der Waals surface area contributed by atoms with Crippen molar-refractivity contribution in [1.29, 1.82) is 0 Å². The molecule has 0 aromatic heterocycles. The topological polar surface area (TPSA) is 66.4 Å². The van der Waals surface area contributed by atoms with Crippen LogP contribution in [-0.2, 0) is 9.63 Å². The molecule has 0 bridgehead atoms. The molecule has 1 heterocycles. The van der Waals surface area contributed by atoms with Gasteiger partial charge in [-0.1, -0.05) is 56.3 Å². The van der Waals surface area contributed by atoms with Crippen molar-refractivity contribution in [3.8, 4) is 17.2 Å². The molecule has 3 rings (SSSR count). The van der Waals surface area contributed by atoms with Crippen LogP contribution in [0.2, 0.25) is 0 Å². The van der Waals surface area contributed by atoms with Gasteiger partial charge in [0.15, 0.2) is 11.5 Å². The summed E-state index contributed by atoms with van der Waals surface area (Å²) in [5, 5.41) is 3.97. The second-order valence-electron chi connectivity index (χ2n) is 7.63. The Morgan fingerprint density at radius 2 is 1.62 bits per heavy atom. The van der Waals surface area contributed by atoms with E-state index < -0.39 is 5.97 Å². The number of carbonyl (C=O) groups is 1. The molecule has 0 saturated heterocycles. The van der Waals surface area contributed by atoms with Crippen molar-refractivity contribution in [2.24, 2.45) is 5.16 Å². The van der Waals surface area contributed by atoms with E-state index in [-0.39, 0.29) is 0 Å². The molecule has 0 amide bonds. The Hall–Kier alpha value is -3.28. The van der Waals surface area contributed by atoms with E-state index in [0.717, 1.165) is 24.3 Å². The maximum Gasteiger partial charge on any atom is 0.368 e. The number of ether oxygens (including phenoxy) is 3. The van der Waals surface area contributed by atoms with E-state index in [9.17, 15) is 4.79 Å². The molecule has 1 aliphatic rings. The lowest BCUT2D eigenvalue weighted by Gasteiger charge is -2.09. The van der Waals surface area contributed by atoms with E-state index in [0.29, 0.717) is 28.3 Å². The summed E-state index contributed by atoms with van der Waals surface area (Å²) in [4.78, 5) is 17.2. The van der Waals surface area contributed by atoms with Crippen LogP contribution in [0.5, 0.6) is 17.2 Å². The number of unbranched alkanes of at least 4 members (excludes halogenated alkanes) is 5. The highest BCUT2D eigenvalue weighted by molar-refractivity contribution is 6.31. The summed E-state index contributed by atoms with van der Waals surface area (Å²) in [6.45, 7) is 2.94. The SMILES string of the molecule is CCCCCCCCOc1ccc(C=C2C(=O)ON=C2c2ccc(OC)c(OC)c2)cc1. The summed E-state index contributed by atoms with van der Waals surface area (Å²) in [6, 6.07) is 13.0. The van der Waals surface area contributed by atoms with Gasteiger partial charge in [0.25, 0.3) is 0 Å². The van der Waals surface area contributed by atoms with Gasteiger partial charge in [0.1, 0.15) is 11.5 Å². The van der Waals surface area contributed by atoms with Crippen LogP contribution >= 0.6 is 0 Å². The highest BCUT2D eigenvalue weighted by Crippen LogP contribution is 2.30. The van der Waals surface area contributed by atoms with Crippen LogP contribution in [0.15, 0.2) is 53.2 Å². The van der Waals surface area contributed by atoms with Crippen LogP contribution < -0.4 is 14.2 Å². The fourth-order valence-corrected chi connectivity index (χ4v) is 3.50. The van der Waals surface area contributed by atoms with Crippen LogP contribution in [0, 0.1) is 0 Å². The molecule has 32 heavy (non-hydrogen) atoms. The van der Waals surface area contributed by atoms with Gasteiger partial charge in [-0.2, -0.15) is 0 Å². The summed E-state index contributed by atoms with van der Waals surface area (Å²) < 4.78 is 16.5.